The average Bonchev–Trinajstić information content (AvgIpc) is 2.81. The highest BCUT2D eigenvalue weighted by molar-refractivity contribution is 7.91. The van der Waals surface area contributed by atoms with Gasteiger partial charge in [0.15, 0.2) is 0 Å². The summed E-state index contributed by atoms with van der Waals surface area (Å²) in [6.45, 7) is 6.78. The highest BCUT2D eigenvalue weighted by atomic mass is 32.2. The summed E-state index contributed by atoms with van der Waals surface area (Å²) in [4.78, 5) is 2.18. The fraction of sp³-hybridized carbons (Fsp3) is 0.714. The van der Waals surface area contributed by atoms with Gasteiger partial charge in [0.05, 0.1) is 0 Å². The summed E-state index contributed by atoms with van der Waals surface area (Å²) >= 11 is 1.33. The van der Waals surface area contributed by atoms with Crippen LogP contribution in [0, 0.1) is 0 Å². The van der Waals surface area contributed by atoms with Gasteiger partial charge in [0, 0.05) is 26.2 Å². The van der Waals surface area contributed by atoms with Gasteiger partial charge in [-0.3, -0.25) is 0 Å². The van der Waals surface area contributed by atoms with Crippen LogP contribution in [0.25, 0.3) is 0 Å². The number of hydrogen-bond acceptors (Lipinski definition) is 5. The van der Waals surface area contributed by atoms with Gasteiger partial charge in [0.1, 0.15) is 4.21 Å². The summed E-state index contributed by atoms with van der Waals surface area (Å²) in [5.41, 5.74) is 1.05. The van der Waals surface area contributed by atoms with Gasteiger partial charge in [-0.1, -0.05) is 6.92 Å². The number of thiophene rings is 1. The van der Waals surface area contributed by atoms with E-state index in [2.05, 4.69) is 17.1 Å². The van der Waals surface area contributed by atoms with E-state index < -0.39 is 10.0 Å². The zero-order chi connectivity index (χ0) is 15.3. The lowest BCUT2D eigenvalue weighted by Gasteiger charge is -2.19. The fourth-order valence-corrected chi connectivity index (χ4v) is 5.21. The second kappa shape index (κ2) is 7.69. The molecule has 1 saturated heterocycles. The van der Waals surface area contributed by atoms with Crippen molar-refractivity contribution < 1.29 is 8.42 Å². The smallest absolute Gasteiger partial charge is 0.252 e. The summed E-state index contributed by atoms with van der Waals surface area (Å²) in [5, 5.41) is 5.25. The topological polar surface area (TPSA) is 52.7 Å². The van der Waals surface area contributed by atoms with Crippen LogP contribution in [-0.2, 0) is 16.6 Å². The van der Waals surface area contributed by atoms with Crippen LogP contribution in [0.5, 0.6) is 0 Å². The van der Waals surface area contributed by atoms with Gasteiger partial charge in [-0.15, -0.1) is 11.3 Å². The molecule has 2 heterocycles. The molecule has 1 aliphatic heterocycles. The van der Waals surface area contributed by atoms with Crippen molar-refractivity contribution in [3.63, 3.8) is 0 Å². The molecule has 0 unspecified atom stereocenters. The van der Waals surface area contributed by atoms with E-state index >= 15 is 0 Å². The van der Waals surface area contributed by atoms with Crippen molar-refractivity contribution in [3.05, 3.63) is 17.0 Å². The molecule has 5 nitrogen and oxygen atoms in total. The molecule has 0 aliphatic carbocycles. The molecule has 1 aromatic rings. The Morgan fingerprint density at radius 2 is 2.10 bits per heavy atom. The number of nitrogens with zero attached hydrogens (tertiary/aromatic N) is 2. The first-order valence-electron chi connectivity index (χ1n) is 7.51. The first-order valence-corrected chi connectivity index (χ1v) is 9.83. The van der Waals surface area contributed by atoms with Gasteiger partial charge in [-0.2, -0.15) is 4.31 Å². The first kappa shape index (κ1) is 16.9. The zero-order valence-corrected chi connectivity index (χ0v) is 14.5. The molecule has 21 heavy (non-hydrogen) atoms. The maximum absolute atomic E-state index is 12.7. The van der Waals surface area contributed by atoms with Crippen LogP contribution in [0.3, 0.4) is 0 Å². The second-order valence-corrected chi connectivity index (χ2v) is 8.59. The van der Waals surface area contributed by atoms with E-state index in [-0.39, 0.29) is 0 Å². The highest BCUT2D eigenvalue weighted by Gasteiger charge is 2.27. The van der Waals surface area contributed by atoms with E-state index in [1.165, 1.54) is 11.3 Å². The predicted octanol–water partition coefficient (Wildman–Crippen LogP) is 1.57. The van der Waals surface area contributed by atoms with Gasteiger partial charge >= 0.3 is 0 Å². The van der Waals surface area contributed by atoms with E-state index in [1.54, 1.807) is 4.31 Å². The molecule has 0 aromatic carbocycles. The molecule has 0 spiro atoms. The molecule has 1 aliphatic rings. The minimum absolute atomic E-state index is 0.473. The average molecular weight is 332 g/mol. The van der Waals surface area contributed by atoms with E-state index in [9.17, 15) is 8.42 Å². The number of sulfonamides is 1. The van der Waals surface area contributed by atoms with Gasteiger partial charge in [0.25, 0.3) is 10.0 Å². The summed E-state index contributed by atoms with van der Waals surface area (Å²) < 4.78 is 27.5. The molecule has 1 aromatic heterocycles. The van der Waals surface area contributed by atoms with Crippen LogP contribution in [0.4, 0.5) is 0 Å². The Kier molecular flexibility index (Phi) is 6.19. The molecule has 2 rings (SSSR count). The van der Waals surface area contributed by atoms with Crippen molar-refractivity contribution in [2.24, 2.45) is 0 Å². The first-order chi connectivity index (χ1) is 10.0. The molecule has 7 heteroatoms. The van der Waals surface area contributed by atoms with Crippen molar-refractivity contribution in [3.8, 4) is 0 Å². The number of nitrogens with one attached hydrogen (secondary N) is 1. The summed E-state index contributed by atoms with van der Waals surface area (Å²) in [5.74, 6) is 0. The fourth-order valence-electron chi connectivity index (χ4n) is 2.38. The van der Waals surface area contributed by atoms with Crippen LogP contribution in [0.15, 0.2) is 15.7 Å². The van der Waals surface area contributed by atoms with E-state index in [0.29, 0.717) is 17.3 Å². The van der Waals surface area contributed by atoms with Crippen LogP contribution < -0.4 is 5.32 Å². The Morgan fingerprint density at radius 3 is 2.86 bits per heavy atom. The Hall–Kier alpha value is -0.470. The Bertz CT molecular complexity index is 542. The second-order valence-electron chi connectivity index (χ2n) is 5.51. The predicted molar refractivity (Wildman–Crippen MR) is 87.2 cm³/mol. The summed E-state index contributed by atoms with van der Waals surface area (Å²) in [6, 6.07) is 1.82. The lowest BCUT2D eigenvalue weighted by Crippen LogP contribution is -2.34. The summed E-state index contributed by atoms with van der Waals surface area (Å²) in [6.07, 6.45) is 1.97. The van der Waals surface area contributed by atoms with Gasteiger partial charge in [-0.25, -0.2) is 8.42 Å². The lowest BCUT2D eigenvalue weighted by molar-refractivity contribution is 0.347. The van der Waals surface area contributed by atoms with Crippen molar-refractivity contribution >= 4 is 21.4 Å². The number of rotatable bonds is 6. The van der Waals surface area contributed by atoms with E-state index in [1.807, 2.05) is 18.5 Å². The van der Waals surface area contributed by atoms with Crippen LogP contribution >= 0.6 is 11.3 Å². The Morgan fingerprint density at radius 1 is 1.29 bits per heavy atom. The monoisotopic (exact) mass is 331 g/mol. The maximum atomic E-state index is 12.7. The lowest BCUT2D eigenvalue weighted by atomic mass is 10.3. The molecule has 0 atom stereocenters. The zero-order valence-electron chi connectivity index (χ0n) is 12.8. The van der Waals surface area contributed by atoms with Gasteiger partial charge in [0.2, 0.25) is 0 Å². The van der Waals surface area contributed by atoms with Crippen molar-refractivity contribution in [2.45, 2.75) is 30.5 Å². The van der Waals surface area contributed by atoms with E-state index in [4.69, 9.17) is 0 Å². The molecule has 0 bridgehead atoms. The highest BCUT2D eigenvalue weighted by Crippen LogP contribution is 2.24. The minimum Gasteiger partial charge on any atom is -0.313 e. The van der Waals surface area contributed by atoms with Gasteiger partial charge < -0.3 is 10.2 Å². The molecular formula is C14H25N3O2S2. The van der Waals surface area contributed by atoms with Crippen molar-refractivity contribution in [2.75, 3.05) is 39.8 Å². The minimum atomic E-state index is -3.32. The van der Waals surface area contributed by atoms with Crippen molar-refractivity contribution in [1.82, 2.24) is 14.5 Å². The third-order valence-electron chi connectivity index (χ3n) is 3.66. The molecule has 120 valence electrons. The molecule has 0 saturated carbocycles. The Labute approximate surface area is 132 Å². The van der Waals surface area contributed by atoms with Gasteiger partial charge in [-0.05, 0) is 50.0 Å². The largest absolute Gasteiger partial charge is 0.313 e. The standard InChI is InChI=1S/C14H25N3O2S2/c1-3-5-15-11-13-10-14(20-12-13)21(18,19)17-7-4-6-16(2)8-9-17/h10,12,15H,3-9,11H2,1-2H3. The van der Waals surface area contributed by atoms with E-state index in [0.717, 1.165) is 44.6 Å². The third kappa shape index (κ3) is 4.50. The van der Waals surface area contributed by atoms with Crippen LogP contribution in [0.2, 0.25) is 0 Å². The van der Waals surface area contributed by atoms with Crippen LogP contribution in [-0.4, -0.2) is 57.4 Å². The molecule has 0 radical (unpaired) electrons. The number of hydrogen-bond donors (Lipinski definition) is 1. The molecule has 1 fully saturated rings. The third-order valence-corrected chi connectivity index (χ3v) is 7.02. The number of likely N-dealkylation sites (N-methyl/N-ethyl adjacent to an activating group) is 1. The van der Waals surface area contributed by atoms with Crippen LogP contribution in [0.1, 0.15) is 25.3 Å². The molecule has 1 N–H and O–H groups in total. The maximum Gasteiger partial charge on any atom is 0.252 e. The molecule has 0 amide bonds. The molecular weight excluding hydrogens is 306 g/mol. The summed E-state index contributed by atoms with van der Waals surface area (Å²) in [7, 11) is -1.28. The van der Waals surface area contributed by atoms with Crippen molar-refractivity contribution in [1.29, 1.82) is 0 Å². The normalized spacial score (nSPS) is 18.8. The Balaban J connectivity index is 2.05. The quantitative estimate of drug-likeness (QED) is 0.804. The SMILES string of the molecule is CCCNCc1csc(S(=O)(=O)N2CCCN(C)CC2)c1.